The third-order valence-corrected chi connectivity index (χ3v) is 1.28. The van der Waals surface area contributed by atoms with Gasteiger partial charge in [-0.05, 0) is 6.92 Å². The number of rotatable bonds is 5. The second kappa shape index (κ2) is 11.0. The summed E-state index contributed by atoms with van der Waals surface area (Å²) in [5, 5.41) is 8.89. The smallest absolute Gasteiger partial charge is 0.303 e. The SMILES string of the molecule is CC(=O)OCC(COC(C)=O)OC(C)=O.CC(=O)[O-]. The van der Waals surface area contributed by atoms with Crippen LogP contribution in [0.15, 0.2) is 0 Å². The van der Waals surface area contributed by atoms with Crippen LogP contribution >= 0.6 is 0 Å². The van der Waals surface area contributed by atoms with Crippen molar-refractivity contribution in [3.8, 4) is 0 Å². The molecule has 0 amide bonds. The topological polar surface area (TPSA) is 119 Å². The molecule has 0 fully saturated rings. The predicted molar refractivity (Wildman–Crippen MR) is 59.5 cm³/mol. The van der Waals surface area contributed by atoms with E-state index in [1.54, 1.807) is 0 Å². The Morgan fingerprint density at radius 2 is 1.16 bits per heavy atom. The van der Waals surface area contributed by atoms with Crippen LogP contribution in [-0.4, -0.2) is 43.2 Å². The van der Waals surface area contributed by atoms with E-state index >= 15 is 0 Å². The van der Waals surface area contributed by atoms with E-state index in [1.165, 1.54) is 20.8 Å². The summed E-state index contributed by atoms with van der Waals surface area (Å²) in [6.45, 7) is 4.41. The lowest BCUT2D eigenvalue weighted by Gasteiger charge is -2.15. The van der Waals surface area contributed by atoms with Crippen LogP contribution in [0.25, 0.3) is 0 Å². The molecule has 0 heterocycles. The molecular weight excluding hydrogens is 260 g/mol. The van der Waals surface area contributed by atoms with Gasteiger partial charge >= 0.3 is 17.9 Å². The number of hydrogen-bond donors (Lipinski definition) is 0. The van der Waals surface area contributed by atoms with Gasteiger partial charge in [0.05, 0.1) is 0 Å². The van der Waals surface area contributed by atoms with Crippen molar-refractivity contribution in [1.82, 2.24) is 0 Å². The van der Waals surface area contributed by atoms with Gasteiger partial charge in [-0.3, -0.25) is 14.4 Å². The number of hydrogen-bond acceptors (Lipinski definition) is 8. The highest BCUT2D eigenvalue weighted by molar-refractivity contribution is 5.67. The third-order valence-electron chi connectivity index (χ3n) is 1.28. The molecule has 0 saturated carbocycles. The van der Waals surface area contributed by atoms with Crippen molar-refractivity contribution < 1.29 is 38.5 Å². The zero-order valence-corrected chi connectivity index (χ0v) is 11.3. The van der Waals surface area contributed by atoms with E-state index in [2.05, 4.69) is 9.47 Å². The van der Waals surface area contributed by atoms with Crippen LogP contribution in [0.5, 0.6) is 0 Å². The molecule has 0 saturated heterocycles. The molecule has 0 radical (unpaired) electrons. The number of ether oxygens (including phenoxy) is 3. The number of carboxylic acids is 1. The van der Waals surface area contributed by atoms with Crippen LogP contribution in [0.4, 0.5) is 0 Å². The van der Waals surface area contributed by atoms with Gasteiger partial charge in [0.15, 0.2) is 6.10 Å². The van der Waals surface area contributed by atoms with Gasteiger partial charge in [0, 0.05) is 26.7 Å². The fraction of sp³-hybridized carbons (Fsp3) is 0.636. The number of aliphatic carboxylic acids is 1. The third kappa shape index (κ3) is 21.7. The molecule has 110 valence electrons. The summed E-state index contributed by atoms with van der Waals surface area (Å²) in [4.78, 5) is 40.5. The molecule has 8 nitrogen and oxygen atoms in total. The monoisotopic (exact) mass is 277 g/mol. The predicted octanol–water partition coefficient (Wildman–Crippen LogP) is -1.20. The van der Waals surface area contributed by atoms with Crippen LogP contribution in [0.2, 0.25) is 0 Å². The largest absolute Gasteiger partial charge is 0.550 e. The Morgan fingerprint density at radius 3 is 1.37 bits per heavy atom. The summed E-state index contributed by atoms with van der Waals surface area (Å²) in [6, 6.07) is 0. The van der Waals surface area contributed by atoms with Crippen molar-refractivity contribution in [3.63, 3.8) is 0 Å². The summed E-state index contributed by atoms with van der Waals surface area (Å²) < 4.78 is 14.0. The van der Waals surface area contributed by atoms with Gasteiger partial charge in [0.1, 0.15) is 13.2 Å². The van der Waals surface area contributed by atoms with Crippen LogP contribution in [0.3, 0.4) is 0 Å². The van der Waals surface area contributed by atoms with E-state index in [4.69, 9.17) is 14.6 Å². The molecule has 0 aliphatic carbocycles. The minimum Gasteiger partial charge on any atom is -0.550 e. The molecule has 0 aliphatic rings. The van der Waals surface area contributed by atoms with Crippen molar-refractivity contribution in [2.75, 3.05) is 13.2 Å². The maximum absolute atomic E-state index is 10.6. The summed E-state index contributed by atoms with van der Waals surface area (Å²) in [6.07, 6.45) is -0.754. The molecule has 0 atom stereocenters. The van der Waals surface area contributed by atoms with E-state index in [1.807, 2.05) is 0 Å². The zero-order valence-electron chi connectivity index (χ0n) is 11.3. The first-order valence-electron chi connectivity index (χ1n) is 5.26. The molecule has 8 heteroatoms. The van der Waals surface area contributed by atoms with Crippen LogP contribution < -0.4 is 5.11 Å². The highest BCUT2D eigenvalue weighted by Gasteiger charge is 2.15. The minimum atomic E-state index is -1.08. The molecule has 0 aromatic rings. The molecule has 0 aliphatic heterocycles. The Bertz CT molecular complexity index is 301. The van der Waals surface area contributed by atoms with Gasteiger partial charge in [-0.25, -0.2) is 0 Å². The van der Waals surface area contributed by atoms with Crippen LogP contribution in [0.1, 0.15) is 27.7 Å². The van der Waals surface area contributed by atoms with Gasteiger partial charge in [0.25, 0.3) is 0 Å². The highest BCUT2D eigenvalue weighted by atomic mass is 16.6. The molecule has 0 bridgehead atoms. The average molecular weight is 277 g/mol. The summed E-state index contributed by atoms with van der Waals surface area (Å²) in [5.74, 6) is -2.59. The summed E-state index contributed by atoms with van der Waals surface area (Å²) in [5.41, 5.74) is 0. The second-order valence-corrected chi connectivity index (χ2v) is 3.33. The van der Waals surface area contributed by atoms with Crippen molar-refractivity contribution in [1.29, 1.82) is 0 Å². The molecule has 0 rings (SSSR count). The van der Waals surface area contributed by atoms with Gasteiger partial charge < -0.3 is 24.1 Å². The van der Waals surface area contributed by atoms with Crippen molar-refractivity contribution in [2.24, 2.45) is 0 Å². The van der Waals surface area contributed by atoms with Crippen LogP contribution in [0, 0.1) is 0 Å². The van der Waals surface area contributed by atoms with Gasteiger partial charge in [-0.2, -0.15) is 0 Å². The molecule has 0 aromatic carbocycles. The Kier molecular flexibility index (Phi) is 11.1. The molecule has 0 N–H and O–H groups in total. The van der Waals surface area contributed by atoms with E-state index in [-0.39, 0.29) is 13.2 Å². The lowest BCUT2D eigenvalue weighted by atomic mass is 10.4. The van der Waals surface area contributed by atoms with Crippen molar-refractivity contribution >= 4 is 23.9 Å². The number of carbonyl (C=O) groups excluding carboxylic acids is 4. The first-order valence-corrected chi connectivity index (χ1v) is 5.26. The number of carboxylic acid groups (broad SMARTS) is 1. The van der Waals surface area contributed by atoms with E-state index in [0.29, 0.717) is 0 Å². The molecule has 0 spiro atoms. The van der Waals surface area contributed by atoms with Crippen molar-refractivity contribution in [3.05, 3.63) is 0 Å². The number of esters is 3. The fourth-order valence-corrected chi connectivity index (χ4v) is 0.771. The van der Waals surface area contributed by atoms with Crippen molar-refractivity contribution in [2.45, 2.75) is 33.8 Å². The molecule has 0 unspecified atom stereocenters. The van der Waals surface area contributed by atoms with E-state index in [0.717, 1.165) is 6.92 Å². The normalized spacial score (nSPS) is 8.89. The van der Waals surface area contributed by atoms with Gasteiger partial charge in [-0.1, -0.05) is 0 Å². The number of carbonyl (C=O) groups is 4. The van der Waals surface area contributed by atoms with Crippen LogP contribution in [-0.2, 0) is 33.4 Å². The minimum absolute atomic E-state index is 0.123. The Balaban J connectivity index is 0. The second-order valence-electron chi connectivity index (χ2n) is 3.33. The van der Waals surface area contributed by atoms with E-state index < -0.39 is 30.0 Å². The summed E-state index contributed by atoms with van der Waals surface area (Å²) in [7, 11) is 0. The first kappa shape index (κ1) is 19.2. The maximum atomic E-state index is 10.6. The molecular formula is C11H17O8-. The Hall–Kier alpha value is -2.12. The quantitative estimate of drug-likeness (QED) is 0.454. The van der Waals surface area contributed by atoms with Gasteiger partial charge in [-0.15, -0.1) is 0 Å². The molecule has 0 aromatic heterocycles. The molecule has 19 heavy (non-hydrogen) atoms. The highest BCUT2D eigenvalue weighted by Crippen LogP contribution is 1.97. The lowest BCUT2D eigenvalue weighted by Crippen LogP contribution is -2.29. The average Bonchev–Trinajstić information content (AvgIpc) is 2.20. The fourth-order valence-electron chi connectivity index (χ4n) is 0.771. The zero-order chi connectivity index (χ0) is 15.4. The maximum Gasteiger partial charge on any atom is 0.303 e. The Morgan fingerprint density at radius 1 is 0.842 bits per heavy atom. The Labute approximate surface area is 110 Å². The van der Waals surface area contributed by atoms with Gasteiger partial charge in [0.2, 0.25) is 0 Å². The van der Waals surface area contributed by atoms with E-state index in [9.17, 15) is 14.4 Å². The summed E-state index contributed by atoms with van der Waals surface area (Å²) >= 11 is 0. The lowest BCUT2D eigenvalue weighted by molar-refractivity contribution is -0.302. The standard InChI is InChI=1S/C9H14O6.C2H4O2/c1-6(10)13-4-9(15-8(3)12)5-14-7(2)11;1-2(3)4/h9H,4-5H2,1-3H3;1H3,(H,3,4)/p-1. The first-order chi connectivity index (χ1) is 8.65.